The Kier molecular flexibility index (Phi) is 3.18. The normalized spacial score (nSPS) is 16.0. The number of hydrogen-bond acceptors (Lipinski definition) is 2. The summed E-state index contributed by atoms with van der Waals surface area (Å²) in [4.78, 5) is 23.6. The number of carbonyl (C=O) groups is 1. The summed E-state index contributed by atoms with van der Waals surface area (Å²) in [5.41, 5.74) is 0.598. The number of rotatable bonds is 5. The van der Waals surface area contributed by atoms with Gasteiger partial charge in [-0.2, -0.15) is 0 Å². The highest BCUT2D eigenvalue weighted by molar-refractivity contribution is 5.75. The fourth-order valence-corrected chi connectivity index (χ4v) is 2.41. The van der Waals surface area contributed by atoms with Gasteiger partial charge in [-0.15, -0.1) is 0 Å². The average Bonchev–Trinajstić information content (AvgIpc) is 3.22. The van der Waals surface area contributed by atoms with E-state index in [1.165, 1.54) is 4.57 Å². The Bertz CT molecular complexity index is 668. The van der Waals surface area contributed by atoms with Crippen LogP contribution in [0.15, 0.2) is 47.5 Å². The monoisotopic (exact) mass is 272 g/mol. The zero-order valence-corrected chi connectivity index (χ0v) is 11.0. The first-order chi connectivity index (χ1) is 9.66. The van der Waals surface area contributed by atoms with Crippen LogP contribution in [0.2, 0.25) is 0 Å². The minimum Gasteiger partial charge on any atom is -0.481 e. The topological polar surface area (TPSA) is 64.2 Å². The number of carboxylic acids is 1. The van der Waals surface area contributed by atoms with E-state index in [9.17, 15) is 14.7 Å². The van der Waals surface area contributed by atoms with Crippen LogP contribution in [0.1, 0.15) is 30.4 Å². The van der Waals surface area contributed by atoms with Crippen LogP contribution >= 0.6 is 0 Å². The maximum absolute atomic E-state index is 12.2. The van der Waals surface area contributed by atoms with Crippen molar-refractivity contribution in [3.63, 3.8) is 0 Å². The van der Waals surface area contributed by atoms with Crippen molar-refractivity contribution in [2.45, 2.75) is 31.3 Å². The standard InChI is InChI=1S/C15H16N2O3/c18-14(19)13(11-4-2-1-3-5-11)10-16-8-9-17(15(16)20)12-6-7-12/h1-5,8-9,12-13H,6-7,10H2,(H,18,19). The Hall–Kier alpha value is -2.30. The lowest BCUT2D eigenvalue weighted by Gasteiger charge is -2.12. The quantitative estimate of drug-likeness (QED) is 0.903. The molecule has 0 bridgehead atoms. The van der Waals surface area contributed by atoms with Crippen molar-refractivity contribution >= 4 is 5.97 Å². The van der Waals surface area contributed by atoms with Crippen molar-refractivity contribution in [1.82, 2.24) is 9.13 Å². The lowest BCUT2D eigenvalue weighted by Crippen LogP contribution is -2.28. The molecule has 5 heteroatoms. The highest BCUT2D eigenvalue weighted by Crippen LogP contribution is 2.33. The molecule has 3 rings (SSSR count). The summed E-state index contributed by atoms with van der Waals surface area (Å²) < 4.78 is 3.19. The first kappa shape index (κ1) is 12.7. The highest BCUT2D eigenvalue weighted by Gasteiger charge is 2.27. The van der Waals surface area contributed by atoms with Gasteiger partial charge in [0.05, 0.1) is 5.92 Å². The summed E-state index contributed by atoms with van der Waals surface area (Å²) in [5, 5.41) is 9.39. The van der Waals surface area contributed by atoms with Gasteiger partial charge < -0.3 is 5.11 Å². The molecule has 2 aromatic rings. The molecule has 5 nitrogen and oxygen atoms in total. The number of carboxylic acid groups (broad SMARTS) is 1. The van der Waals surface area contributed by atoms with Gasteiger partial charge in [-0.3, -0.25) is 13.9 Å². The third-order valence-electron chi connectivity index (χ3n) is 3.69. The molecule has 0 spiro atoms. The zero-order chi connectivity index (χ0) is 14.1. The van der Waals surface area contributed by atoms with E-state index in [1.54, 1.807) is 29.1 Å². The molecule has 20 heavy (non-hydrogen) atoms. The van der Waals surface area contributed by atoms with E-state index >= 15 is 0 Å². The molecular weight excluding hydrogens is 256 g/mol. The third kappa shape index (κ3) is 2.39. The fraction of sp³-hybridized carbons (Fsp3) is 0.333. The van der Waals surface area contributed by atoms with Crippen LogP contribution in [-0.4, -0.2) is 20.2 Å². The van der Waals surface area contributed by atoms with E-state index < -0.39 is 11.9 Å². The second-order valence-electron chi connectivity index (χ2n) is 5.17. The van der Waals surface area contributed by atoms with E-state index in [2.05, 4.69) is 0 Å². The molecule has 0 aliphatic heterocycles. The van der Waals surface area contributed by atoms with Crippen LogP contribution in [0, 0.1) is 0 Å². The predicted octanol–water partition coefficient (Wildman–Crippen LogP) is 1.85. The third-order valence-corrected chi connectivity index (χ3v) is 3.69. The molecule has 0 amide bonds. The van der Waals surface area contributed by atoms with Gasteiger partial charge in [0.1, 0.15) is 0 Å². The van der Waals surface area contributed by atoms with E-state index in [0.29, 0.717) is 11.6 Å². The minimum atomic E-state index is -0.915. The SMILES string of the molecule is O=C(O)C(Cn1ccn(C2CC2)c1=O)c1ccccc1. The van der Waals surface area contributed by atoms with Crippen molar-refractivity contribution in [2.75, 3.05) is 0 Å². The summed E-state index contributed by atoms with van der Waals surface area (Å²) in [6.45, 7) is 0.165. The van der Waals surface area contributed by atoms with Crippen LogP contribution in [0.5, 0.6) is 0 Å². The molecule has 1 heterocycles. The largest absolute Gasteiger partial charge is 0.481 e. The summed E-state index contributed by atoms with van der Waals surface area (Å²) in [6, 6.07) is 9.33. The average molecular weight is 272 g/mol. The lowest BCUT2D eigenvalue weighted by molar-refractivity contribution is -0.139. The Morgan fingerprint density at radius 3 is 2.55 bits per heavy atom. The van der Waals surface area contributed by atoms with E-state index in [-0.39, 0.29) is 12.2 Å². The van der Waals surface area contributed by atoms with Crippen LogP contribution in [0.4, 0.5) is 0 Å². The van der Waals surface area contributed by atoms with Crippen LogP contribution < -0.4 is 5.69 Å². The molecule has 1 aliphatic rings. The summed E-state index contributed by atoms with van der Waals surface area (Å²) in [5.74, 6) is -1.62. The Balaban J connectivity index is 1.87. The lowest BCUT2D eigenvalue weighted by atomic mass is 9.99. The van der Waals surface area contributed by atoms with Gasteiger partial charge in [0.25, 0.3) is 0 Å². The molecule has 104 valence electrons. The summed E-state index contributed by atoms with van der Waals surface area (Å²) in [7, 11) is 0. The highest BCUT2D eigenvalue weighted by atomic mass is 16.4. The van der Waals surface area contributed by atoms with Crippen molar-refractivity contribution < 1.29 is 9.90 Å². The molecule has 1 saturated carbocycles. The van der Waals surface area contributed by atoms with Gasteiger partial charge in [-0.25, -0.2) is 4.79 Å². The molecule has 0 saturated heterocycles. The number of benzene rings is 1. The number of nitrogens with zero attached hydrogens (tertiary/aromatic N) is 2. The number of hydrogen-bond donors (Lipinski definition) is 1. The minimum absolute atomic E-state index is 0.116. The molecule has 1 unspecified atom stereocenters. The maximum atomic E-state index is 12.2. The summed E-state index contributed by atoms with van der Waals surface area (Å²) >= 11 is 0. The maximum Gasteiger partial charge on any atom is 0.328 e. The van der Waals surface area contributed by atoms with Crippen LogP contribution in [0.25, 0.3) is 0 Å². The number of aromatic nitrogens is 2. The predicted molar refractivity (Wildman–Crippen MR) is 73.8 cm³/mol. The van der Waals surface area contributed by atoms with Crippen LogP contribution in [0.3, 0.4) is 0 Å². The van der Waals surface area contributed by atoms with Crippen LogP contribution in [-0.2, 0) is 11.3 Å². The molecule has 1 atom stereocenters. The van der Waals surface area contributed by atoms with Crippen molar-refractivity contribution in [2.24, 2.45) is 0 Å². The fourth-order valence-electron chi connectivity index (χ4n) is 2.41. The van der Waals surface area contributed by atoms with Gasteiger partial charge in [-0.1, -0.05) is 30.3 Å². The molecule has 1 aliphatic carbocycles. The molecule has 1 N–H and O–H groups in total. The van der Waals surface area contributed by atoms with E-state index in [4.69, 9.17) is 0 Å². The Morgan fingerprint density at radius 1 is 1.25 bits per heavy atom. The molecule has 1 aromatic carbocycles. The van der Waals surface area contributed by atoms with Gasteiger partial charge >= 0.3 is 11.7 Å². The second-order valence-corrected chi connectivity index (χ2v) is 5.17. The van der Waals surface area contributed by atoms with Crippen molar-refractivity contribution in [3.05, 3.63) is 58.8 Å². The van der Waals surface area contributed by atoms with Gasteiger partial charge in [0.2, 0.25) is 0 Å². The number of imidazole rings is 1. The molecule has 1 aromatic heterocycles. The van der Waals surface area contributed by atoms with Gasteiger partial charge in [0.15, 0.2) is 0 Å². The number of aliphatic carboxylic acids is 1. The van der Waals surface area contributed by atoms with Gasteiger partial charge in [0, 0.05) is 25.0 Å². The molecule has 0 radical (unpaired) electrons. The van der Waals surface area contributed by atoms with Crippen molar-refractivity contribution in [3.8, 4) is 0 Å². The van der Waals surface area contributed by atoms with Crippen molar-refractivity contribution in [1.29, 1.82) is 0 Å². The van der Waals surface area contributed by atoms with E-state index in [0.717, 1.165) is 12.8 Å². The summed E-state index contributed by atoms with van der Waals surface area (Å²) in [6.07, 6.45) is 5.50. The Morgan fingerprint density at radius 2 is 1.95 bits per heavy atom. The molecule has 1 fully saturated rings. The van der Waals surface area contributed by atoms with E-state index in [1.807, 2.05) is 18.2 Å². The zero-order valence-electron chi connectivity index (χ0n) is 11.0. The molecular formula is C15H16N2O3. The Labute approximate surface area is 116 Å². The first-order valence-electron chi connectivity index (χ1n) is 6.72. The second kappa shape index (κ2) is 5.00. The smallest absolute Gasteiger partial charge is 0.328 e. The first-order valence-corrected chi connectivity index (χ1v) is 6.72. The van der Waals surface area contributed by atoms with Gasteiger partial charge in [-0.05, 0) is 18.4 Å².